The molecule has 2 heterocycles. The van der Waals surface area contributed by atoms with Gasteiger partial charge in [-0.25, -0.2) is 18.0 Å². The molecule has 2 aliphatic heterocycles. The van der Waals surface area contributed by atoms with E-state index in [0.717, 1.165) is 17.2 Å². The Labute approximate surface area is 195 Å². The summed E-state index contributed by atoms with van der Waals surface area (Å²) in [5, 5.41) is 0. The normalized spacial score (nSPS) is 22.9. The number of hydrogen-bond donors (Lipinski definition) is 0. The molecule has 176 valence electrons. The van der Waals surface area contributed by atoms with E-state index in [0.29, 0.717) is 37.1 Å². The van der Waals surface area contributed by atoms with Gasteiger partial charge in [-0.05, 0) is 47.9 Å². The second-order valence-electron chi connectivity index (χ2n) is 8.89. The Balaban J connectivity index is 1.34. The summed E-state index contributed by atoms with van der Waals surface area (Å²) in [6.07, 6.45) is 0.663. The Morgan fingerprint density at radius 2 is 1.68 bits per heavy atom. The molecule has 4 nitrogen and oxygen atoms in total. The van der Waals surface area contributed by atoms with Crippen LogP contribution in [0.4, 0.5) is 18.0 Å². The fraction of sp³-hybridized carbons (Fsp3) is 0.296. The lowest BCUT2D eigenvalue weighted by atomic mass is 9.84. The molecule has 7 heteroatoms. The Hall–Kier alpha value is -3.32. The molecule has 2 fully saturated rings. The molecule has 0 saturated carbocycles. The van der Waals surface area contributed by atoms with Crippen LogP contribution in [-0.4, -0.2) is 30.2 Å². The van der Waals surface area contributed by atoms with Gasteiger partial charge in [-0.3, -0.25) is 0 Å². The maximum absolute atomic E-state index is 14.1. The highest BCUT2D eigenvalue weighted by molar-refractivity contribution is 5.70. The van der Waals surface area contributed by atoms with E-state index in [1.807, 2.05) is 19.1 Å². The van der Waals surface area contributed by atoms with E-state index in [2.05, 4.69) is 0 Å². The topological polar surface area (TPSA) is 42.1 Å². The minimum Gasteiger partial charge on any atom is -0.438 e. The molecule has 0 bridgehead atoms. The number of cyclic esters (lactones) is 1. The molecule has 34 heavy (non-hydrogen) atoms. The molecule has 2 aliphatic rings. The number of epoxide rings is 1. The Bertz CT molecular complexity index is 1190. The first-order valence-electron chi connectivity index (χ1n) is 11.3. The Morgan fingerprint density at radius 1 is 1.00 bits per heavy atom. The van der Waals surface area contributed by atoms with Crippen molar-refractivity contribution < 1.29 is 27.4 Å². The second-order valence-corrected chi connectivity index (χ2v) is 8.89. The van der Waals surface area contributed by atoms with Crippen LogP contribution >= 0.6 is 0 Å². The molecule has 0 aliphatic carbocycles. The van der Waals surface area contributed by atoms with Gasteiger partial charge in [-0.1, -0.05) is 36.4 Å². The lowest BCUT2D eigenvalue weighted by Crippen LogP contribution is -2.49. The summed E-state index contributed by atoms with van der Waals surface area (Å²) in [6, 6.07) is 16.5. The van der Waals surface area contributed by atoms with Crippen LogP contribution in [0, 0.1) is 17.5 Å². The summed E-state index contributed by atoms with van der Waals surface area (Å²) in [5.41, 5.74) is 1.70. The molecule has 0 spiro atoms. The van der Waals surface area contributed by atoms with Crippen molar-refractivity contribution in [2.24, 2.45) is 0 Å². The fourth-order valence-corrected chi connectivity index (χ4v) is 4.64. The monoisotopic (exact) mass is 467 g/mol. The largest absolute Gasteiger partial charge is 0.438 e. The second kappa shape index (κ2) is 8.80. The zero-order chi connectivity index (χ0) is 23.9. The molecular weight excluding hydrogens is 443 g/mol. The number of hydrogen-bond acceptors (Lipinski definition) is 3. The predicted octanol–water partition coefficient (Wildman–Crippen LogP) is 6.36. The summed E-state index contributed by atoms with van der Waals surface area (Å²) in [6.45, 7) is 2.99. The predicted molar refractivity (Wildman–Crippen MR) is 120 cm³/mol. The summed E-state index contributed by atoms with van der Waals surface area (Å²) in [4.78, 5) is 14.8. The van der Waals surface area contributed by atoms with Gasteiger partial charge >= 0.3 is 6.09 Å². The third kappa shape index (κ3) is 4.40. The first-order valence-corrected chi connectivity index (χ1v) is 11.3. The molecule has 3 atom stereocenters. The highest BCUT2D eigenvalue weighted by Crippen LogP contribution is 2.42. The summed E-state index contributed by atoms with van der Waals surface area (Å²) < 4.78 is 52.3. The Morgan fingerprint density at radius 3 is 2.29 bits per heavy atom. The maximum atomic E-state index is 14.1. The minimum atomic E-state index is -0.855. The summed E-state index contributed by atoms with van der Waals surface area (Å²) >= 11 is 0. The van der Waals surface area contributed by atoms with Crippen LogP contribution in [-0.2, 0) is 15.1 Å². The van der Waals surface area contributed by atoms with Crippen molar-refractivity contribution in [3.63, 3.8) is 0 Å². The van der Waals surface area contributed by atoms with E-state index in [1.165, 1.54) is 24.3 Å². The van der Waals surface area contributed by atoms with Crippen LogP contribution in [0.15, 0.2) is 66.7 Å². The average molecular weight is 467 g/mol. The van der Waals surface area contributed by atoms with E-state index in [4.69, 9.17) is 9.47 Å². The van der Waals surface area contributed by atoms with Crippen molar-refractivity contribution in [1.29, 1.82) is 0 Å². The van der Waals surface area contributed by atoms with Gasteiger partial charge in [0.05, 0.1) is 18.8 Å². The zero-order valence-electron chi connectivity index (χ0n) is 18.6. The minimum absolute atomic E-state index is 0.0289. The number of carbonyl (C=O) groups is 1. The number of nitrogens with zero attached hydrogens (tertiary/aromatic N) is 1. The van der Waals surface area contributed by atoms with E-state index >= 15 is 0 Å². The van der Waals surface area contributed by atoms with Gasteiger partial charge in [0, 0.05) is 31.0 Å². The van der Waals surface area contributed by atoms with Gasteiger partial charge < -0.3 is 14.4 Å². The molecule has 2 saturated heterocycles. The molecule has 3 aromatic carbocycles. The van der Waals surface area contributed by atoms with Gasteiger partial charge in [0.15, 0.2) is 0 Å². The first kappa shape index (κ1) is 22.5. The fourth-order valence-electron chi connectivity index (χ4n) is 4.64. The van der Waals surface area contributed by atoms with Crippen LogP contribution in [0.25, 0.3) is 11.1 Å². The molecule has 3 aromatic rings. The molecular formula is C27H24F3NO3. The standard InChI is InChI=1S/C27H24F3NO3/c1-17(18-2-4-19(5-3-18)24-11-10-22(29)14-25(24)30)31-13-12-27(34-26(31)32,15-23-16-33-23)20-6-8-21(28)9-7-20/h2-11,14,17,23H,12-13,15-16H2,1H3/t17-,23?,27-/m0/s1. The SMILES string of the molecule is C[C@@H](c1ccc(-c2ccc(F)cc2F)cc1)N1CC[C@](CC2CO2)(c2ccc(F)cc2)OC1=O. The van der Waals surface area contributed by atoms with E-state index < -0.39 is 23.3 Å². The highest BCUT2D eigenvalue weighted by atomic mass is 19.1. The number of halogens is 3. The lowest BCUT2D eigenvalue weighted by Gasteiger charge is -2.43. The molecule has 1 unspecified atom stereocenters. The van der Waals surface area contributed by atoms with Crippen LogP contribution in [0.1, 0.15) is 36.9 Å². The molecule has 1 amide bonds. The average Bonchev–Trinajstić information content (AvgIpc) is 3.63. The van der Waals surface area contributed by atoms with Gasteiger partial charge in [0.2, 0.25) is 0 Å². The molecule has 5 rings (SSSR count). The summed E-state index contributed by atoms with van der Waals surface area (Å²) in [7, 11) is 0. The van der Waals surface area contributed by atoms with Gasteiger partial charge in [0.25, 0.3) is 0 Å². The quantitative estimate of drug-likeness (QED) is 0.396. The molecule has 0 radical (unpaired) electrons. The van der Waals surface area contributed by atoms with Crippen molar-refractivity contribution in [1.82, 2.24) is 4.90 Å². The van der Waals surface area contributed by atoms with E-state index in [9.17, 15) is 18.0 Å². The van der Waals surface area contributed by atoms with Crippen molar-refractivity contribution in [3.8, 4) is 11.1 Å². The third-order valence-electron chi connectivity index (χ3n) is 6.71. The van der Waals surface area contributed by atoms with Gasteiger partial charge in [-0.15, -0.1) is 0 Å². The molecule has 0 aromatic heterocycles. The van der Waals surface area contributed by atoms with Crippen LogP contribution < -0.4 is 0 Å². The lowest BCUT2D eigenvalue weighted by molar-refractivity contribution is -0.0686. The van der Waals surface area contributed by atoms with Crippen molar-refractivity contribution in [3.05, 3.63) is 95.3 Å². The van der Waals surface area contributed by atoms with Crippen molar-refractivity contribution >= 4 is 6.09 Å². The highest BCUT2D eigenvalue weighted by Gasteiger charge is 2.47. The number of benzene rings is 3. The molecule has 0 N–H and O–H groups in total. The van der Waals surface area contributed by atoms with Gasteiger partial charge in [0.1, 0.15) is 23.1 Å². The van der Waals surface area contributed by atoms with Crippen LogP contribution in [0.2, 0.25) is 0 Å². The Kier molecular flexibility index (Phi) is 5.81. The van der Waals surface area contributed by atoms with Crippen molar-refractivity contribution in [2.75, 3.05) is 13.2 Å². The first-order chi connectivity index (χ1) is 16.3. The van der Waals surface area contributed by atoms with E-state index in [1.54, 1.807) is 29.2 Å². The van der Waals surface area contributed by atoms with E-state index in [-0.39, 0.29) is 18.0 Å². The summed E-state index contributed by atoms with van der Waals surface area (Å²) in [5.74, 6) is -1.60. The van der Waals surface area contributed by atoms with Crippen LogP contribution in [0.3, 0.4) is 0 Å². The zero-order valence-corrected chi connectivity index (χ0v) is 18.6. The number of ether oxygens (including phenoxy) is 2. The number of carbonyl (C=O) groups excluding carboxylic acids is 1. The van der Waals surface area contributed by atoms with Gasteiger partial charge in [-0.2, -0.15) is 0 Å². The van der Waals surface area contributed by atoms with Crippen molar-refractivity contribution in [2.45, 2.75) is 37.5 Å². The maximum Gasteiger partial charge on any atom is 0.411 e. The number of rotatable bonds is 6. The van der Waals surface area contributed by atoms with Crippen LogP contribution in [0.5, 0.6) is 0 Å². The number of amides is 1. The smallest absolute Gasteiger partial charge is 0.411 e. The third-order valence-corrected chi connectivity index (χ3v) is 6.71.